The topological polar surface area (TPSA) is 84.0 Å². The second kappa shape index (κ2) is 7.03. The van der Waals surface area contributed by atoms with Gasteiger partial charge in [-0.25, -0.2) is 4.79 Å². The third-order valence-corrected chi connectivity index (χ3v) is 4.39. The number of nitrogens with one attached hydrogen (secondary N) is 2. The highest BCUT2D eigenvalue weighted by Gasteiger charge is 2.32. The van der Waals surface area contributed by atoms with E-state index < -0.39 is 28.7 Å². The summed E-state index contributed by atoms with van der Waals surface area (Å²) < 4.78 is 48.2. The number of carbonyl (C=O) groups excluding carboxylic acids is 1. The molecule has 1 atom stereocenters. The fourth-order valence-electron chi connectivity index (χ4n) is 1.27. The summed E-state index contributed by atoms with van der Waals surface area (Å²) >= 11 is 0. The lowest BCUT2D eigenvalue weighted by Gasteiger charge is -2.17. The van der Waals surface area contributed by atoms with Crippen molar-refractivity contribution in [3.63, 3.8) is 0 Å². The van der Waals surface area contributed by atoms with Crippen LogP contribution in [0.4, 0.5) is 23.8 Å². The van der Waals surface area contributed by atoms with E-state index in [9.17, 15) is 22.2 Å². The minimum Gasteiger partial charge on any atom is -0.337 e. The van der Waals surface area contributed by atoms with Gasteiger partial charge in [0, 0.05) is 27.8 Å². The lowest BCUT2D eigenvalue weighted by molar-refractivity contribution is -0.141. The summed E-state index contributed by atoms with van der Waals surface area (Å²) in [4.78, 5) is 11.5. The molecule has 1 rings (SSSR count). The number of urea groups is 1. The van der Waals surface area contributed by atoms with Gasteiger partial charge in [-0.05, 0) is 32.9 Å². The number of carbonyl (C=O) groups is 1. The first-order chi connectivity index (χ1) is 10.00. The number of hydrogen-bond donors (Lipinski definition) is 2. The predicted molar refractivity (Wildman–Crippen MR) is 76.8 cm³/mol. The molecular formula is C12H17F3N4O2S. The van der Waals surface area contributed by atoms with Crippen LogP contribution in [0, 0.1) is 0 Å². The van der Waals surface area contributed by atoms with Crippen LogP contribution in [-0.2, 0) is 17.0 Å². The molecule has 6 nitrogen and oxygen atoms in total. The van der Waals surface area contributed by atoms with Gasteiger partial charge in [0.25, 0.3) is 0 Å². The maximum absolute atomic E-state index is 12.3. The largest absolute Gasteiger partial charge is 0.435 e. The van der Waals surface area contributed by atoms with E-state index in [4.69, 9.17) is 0 Å². The minimum absolute atomic E-state index is 0.109. The average Bonchev–Trinajstić information content (AvgIpc) is 2.37. The third-order valence-electron chi connectivity index (χ3n) is 2.45. The Bertz CT molecular complexity index is 541. The molecule has 0 aliphatic heterocycles. The molecule has 0 saturated carbocycles. The van der Waals surface area contributed by atoms with Crippen molar-refractivity contribution in [2.45, 2.75) is 31.7 Å². The number of rotatable bonds is 4. The molecule has 22 heavy (non-hydrogen) atoms. The van der Waals surface area contributed by atoms with Gasteiger partial charge in [-0.1, -0.05) is 0 Å². The first-order valence-corrected chi connectivity index (χ1v) is 7.66. The molecule has 0 aliphatic rings. The van der Waals surface area contributed by atoms with E-state index in [1.54, 1.807) is 0 Å². The molecule has 10 heteroatoms. The Hall–Kier alpha value is -1.71. The minimum atomic E-state index is -4.58. The average molecular weight is 338 g/mol. The molecule has 0 radical (unpaired) electrons. The molecule has 1 heterocycles. The lowest BCUT2D eigenvalue weighted by Crippen LogP contribution is -2.35. The van der Waals surface area contributed by atoms with Crippen molar-refractivity contribution in [1.29, 1.82) is 0 Å². The summed E-state index contributed by atoms with van der Waals surface area (Å²) in [6, 6.07) is 1.07. The highest BCUT2D eigenvalue weighted by atomic mass is 32.2. The van der Waals surface area contributed by atoms with Crippen molar-refractivity contribution in [2.24, 2.45) is 0 Å². The zero-order valence-electron chi connectivity index (χ0n) is 12.3. The number of nitrogens with zero attached hydrogens (tertiary/aromatic N) is 2. The molecule has 0 fully saturated rings. The molecule has 0 spiro atoms. The summed E-state index contributed by atoms with van der Waals surface area (Å²) in [6.07, 6.45) is -4.58. The molecule has 0 saturated heterocycles. The number of hydrogen-bond acceptors (Lipinski definition) is 4. The molecule has 1 aromatic heterocycles. The zero-order chi connectivity index (χ0) is 17.0. The van der Waals surface area contributed by atoms with Crippen molar-refractivity contribution < 1.29 is 22.2 Å². The zero-order valence-corrected chi connectivity index (χ0v) is 13.1. The van der Waals surface area contributed by atoms with E-state index >= 15 is 0 Å². The van der Waals surface area contributed by atoms with Crippen molar-refractivity contribution >= 4 is 22.6 Å². The van der Waals surface area contributed by atoms with Crippen LogP contribution in [0.5, 0.6) is 0 Å². The number of amides is 2. The summed E-state index contributed by atoms with van der Waals surface area (Å²) in [5.74, 6) is 0.165. The van der Waals surface area contributed by atoms with Crippen LogP contribution >= 0.6 is 0 Å². The predicted octanol–water partition coefficient (Wildman–Crippen LogP) is 2.16. The third kappa shape index (κ3) is 5.96. The molecule has 0 aliphatic carbocycles. The first-order valence-electron chi connectivity index (χ1n) is 6.34. The lowest BCUT2D eigenvalue weighted by atomic mass is 10.3. The van der Waals surface area contributed by atoms with E-state index in [0.29, 0.717) is 0 Å². The second-order valence-corrected chi connectivity index (χ2v) is 7.67. The van der Waals surface area contributed by atoms with Gasteiger partial charge >= 0.3 is 12.2 Å². The standard InChI is InChI=1S/C12H17F3N4O2S/c1-11(2,3)22(21)7-6-16-10(20)17-9-5-4-8(18-19-9)12(13,14)15/h4-5H,6-7H2,1-3H3,(H2,16,17,19,20). The number of aromatic nitrogens is 2. The summed E-state index contributed by atoms with van der Waals surface area (Å²) in [5.41, 5.74) is -1.14. The second-order valence-electron chi connectivity index (χ2n) is 5.34. The summed E-state index contributed by atoms with van der Waals surface area (Å²) in [7, 11) is -1.11. The van der Waals surface area contributed by atoms with Crippen LogP contribution in [0.1, 0.15) is 26.5 Å². The van der Waals surface area contributed by atoms with Crippen molar-refractivity contribution in [2.75, 3.05) is 17.6 Å². The smallest absolute Gasteiger partial charge is 0.337 e. The Morgan fingerprint density at radius 1 is 1.23 bits per heavy atom. The fraction of sp³-hybridized carbons (Fsp3) is 0.583. The van der Waals surface area contributed by atoms with Crippen LogP contribution < -0.4 is 10.6 Å². The normalized spacial score (nSPS) is 13.5. The highest BCUT2D eigenvalue weighted by molar-refractivity contribution is 7.86. The molecule has 2 amide bonds. The van der Waals surface area contributed by atoms with Crippen LogP contribution in [0.3, 0.4) is 0 Å². The van der Waals surface area contributed by atoms with Crippen LogP contribution in [0.15, 0.2) is 12.1 Å². The monoisotopic (exact) mass is 338 g/mol. The van der Waals surface area contributed by atoms with E-state index in [2.05, 4.69) is 20.8 Å². The maximum atomic E-state index is 12.3. The molecule has 0 bridgehead atoms. The van der Waals surface area contributed by atoms with Gasteiger partial charge in [0.2, 0.25) is 0 Å². The summed E-state index contributed by atoms with van der Waals surface area (Å²) in [6.45, 7) is 5.63. The number of halogens is 3. The number of anilines is 1. The molecule has 1 unspecified atom stereocenters. The number of alkyl halides is 3. The van der Waals surface area contributed by atoms with Crippen molar-refractivity contribution in [3.05, 3.63) is 17.8 Å². The molecule has 0 aromatic carbocycles. The highest BCUT2D eigenvalue weighted by Crippen LogP contribution is 2.26. The maximum Gasteiger partial charge on any atom is 0.435 e. The van der Waals surface area contributed by atoms with Gasteiger partial charge in [-0.15, -0.1) is 10.2 Å². The molecule has 2 N–H and O–H groups in total. The van der Waals surface area contributed by atoms with Crippen molar-refractivity contribution in [3.8, 4) is 0 Å². The van der Waals surface area contributed by atoms with Gasteiger partial charge in [0.15, 0.2) is 11.5 Å². The van der Waals surface area contributed by atoms with Crippen molar-refractivity contribution in [1.82, 2.24) is 15.5 Å². The fourth-order valence-corrected chi connectivity index (χ4v) is 2.17. The van der Waals surface area contributed by atoms with Crippen LogP contribution in [-0.4, -0.2) is 37.5 Å². The Morgan fingerprint density at radius 3 is 2.32 bits per heavy atom. The molecular weight excluding hydrogens is 321 g/mol. The molecule has 124 valence electrons. The molecule has 1 aromatic rings. The van der Waals surface area contributed by atoms with Gasteiger partial charge in [-0.2, -0.15) is 13.2 Å². The van der Waals surface area contributed by atoms with E-state index in [1.807, 2.05) is 20.8 Å². The van der Waals surface area contributed by atoms with E-state index in [0.717, 1.165) is 12.1 Å². The van der Waals surface area contributed by atoms with Crippen LogP contribution in [0.25, 0.3) is 0 Å². The summed E-state index contributed by atoms with van der Waals surface area (Å²) in [5, 5.41) is 10.9. The van der Waals surface area contributed by atoms with Crippen LogP contribution in [0.2, 0.25) is 0 Å². The SMILES string of the molecule is CC(C)(C)S(=O)CCNC(=O)Nc1ccc(C(F)(F)F)nn1. The van der Waals surface area contributed by atoms with Gasteiger partial charge in [0.1, 0.15) is 0 Å². The Morgan fingerprint density at radius 2 is 1.86 bits per heavy atom. The van der Waals surface area contributed by atoms with Gasteiger partial charge in [-0.3, -0.25) is 9.53 Å². The van der Waals surface area contributed by atoms with E-state index in [1.165, 1.54) is 0 Å². The Balaban J connectivity index is 2.44. The Kier molecular flexibility index (Phi) is 5.86. The quantitative estimate of drug-likeness (QED) is 0.881. The van der Waals surface area contributed by atoms with Gasteiger partial charge in [0.05, 0.1) is 0 Å². The van der Waals surface area contributed by atoms with Gasteiger partial charge < -0.3 is 5.32 Å². The van der Waals surface area contributed by atoms with E-state index in [-0.39, 0.29) is 22.9 Å². The first kappa shape index (κ1) is 18.3. The Labute approximate surface area is 128 Å².